The smallest absolute Gasteiger partial charge is 0.283 e. The quantitative estimate of drug-likeness (QED) is 0.620. The molecule has 1 unspecified atom stereocenters. The Bertz CT molecular complexity index is 563. The van der Waals surface area contributed by atoms with E-state index in [2.05, 4.69) is 5.32 Å². The maximum absolute atomic E-state index is 12.4. The summed E-state index contributed by atoms with van der Waals surface area (Å²) in [5, 5.41) is 14.2. The van der Waals surface area contributed by atoms with Gasteiger partial charge in [-0.05, 0) is 30.9 Å². The van der Waals surface area contributed by atoms with Crippen LogP contribution in [0.15, 0.2) is 18.2 Å². The summed E-state index contributed by atoms with van der Waals surface area (Å²) in [6, 6.07) is 3.89. The van der Waals surface area contributed by atoms with Gasteiger partial charge in [-0.3, -0.25) is 14.9 Å². The lowest BCUT2D eigenvalue weighted by Crippen LogP contribution is -2.46. The minimum atomic E-state index is -0.598. The van der Waals surface area contributed by atoms with Gasteiger partial charge < -0.3 is 11.1 Å². The maximum atomic E-state index is 12.4. The van der Waals surface area contributed by atoms with Crippen molar-refractivity contribution in [2.24, 2.45) is 11.7 Å². The van der Waals surface area contributed by atoms with Crippen molar-refractivity contribution in [1.82, 2.24) is 5.32 Å². The summed E-state index contributed by atoms with van der Waals surface area (Å²) >= 11 is 5.76. The summed E-state index contributed by atoms with van der Waals surface area (Å²) < 4.78 is 0. The molecule has 1 atom stereocenters. The minimum absolute atomic E-state index is 0. The number of nitro groups is 1. The summed E-state index contributed by atoms with van der Waals surface area (Å²) in [5.41, 5.74) is 5.51. The van der Waals surface area contributed by atoms with Crippen LogP contribution >= 0.6 is 24.0 Å². The summed E-state index contributed by atoms with van der Waals surface area (Å²) in [7, 11) is 0. The predicted octanol–water partition coefficient (Wildman–Crippen LogP) is 3.31. The topological polar surface area (TPSA) is 98.3 Å². The van der Waals surface area contributed by atoms with Gasteiger partial charge in [0.25, 0.3) is 11.6 Å². The lowest BCUT2D eigenvalue weighted by atomic mass is 9.84. The second kappa shape index (κ2) is 9.05. The van der Waals surface area contributed by atoms with Crippen molar-refractivity contribution in [2.45, 2.75) is 38.1 Å². The molecule has 128 valence electrons. The zero-order chi connectivity index (χ0) is 16.1. The number of hydrogen-bond acceptors (Lipinski definition) is 4. The van der Waals surface area contributed by atoms with Crippen molar-refractivity contribution in [3.05, 3.63) is 38.9 Å². The van der Waals surface area contributed by atoms with Gasteiger partial charge in [0.05, 0.1) is 4.92 Å². The van der Waals surface area contributed by atoms with E-state index in [1.165, 1.54) is 24.6 Å². The molecule has 1 saturated carbocycles. The number of carbonyl (C=O) groups excluding carboxylic acids is 1. The van der Waals surface area contributed by atoms with Crippen molar-refractivity contribution in [3.63, 3.8) is 0 Å². The molecule has 1 aliphatic rings. The molecule has 0 saturated heterocycles. The van der Waals surface area contributed by atoms with Gasteiger partial charge in [0.1, 0.15) is 5.56 Å². The van der Waals surface area contributed by atoms with E-state index in [1.54, 1.807) is 0 Å². The number of halogens is 2. The largest absolute Gasteiger partial charge is 0.348 e. The van der Waals surface area contributed by atoms with Crippen molar-refractivity contribution in [3.8, 4) is 0 Å². The Kier molecular flexibility index (Phi) is 7.75. The van der Waals surface area contributed by atoms with Crippen LogP contribution in [-0.4, -0.2) is 23.4 Å². The normalized spacial score (nSPS) is 16.3. The number of amides is 1. The molecule has 1 fully saturated rings. The zero-order valence-electron chi connectivity index (χ0n) is 12.7. The third-order valence-corrected chi connectivity index (χ3v) is 4.43. The monoisotopic (exact) mass is 361 g/mol. The van der Waals surface area contributed by atoms with Gasteiger partial charge in [0.15, 0.2) is 0 Å². The number of nitrogens with two attached hydrogens (primary N) is 1. The van der Waals surface area contributed by atoms with E-state index in [0.29, 0.717) is 12.5 Å². The first kappa shape index (κ1) is 19.7. The van der Waals surface area contributed by atoms with E-state index < -0.39 is 10.8 Å². The summed E-state index contributed by atoms with van der Waals surface area (Å²) in [4.78, 5) is 22.9. The number of nitrogens with one attached hydrogen (secondary N) is 1. The molecule has 0 bridgehead atoms. The van der Waals surface area contributed by atoms with Crippen LogP contribution in [0.5, 0.6) is 0 Å². The van der Waals surface area contributed by atoms with Crippen LogP contribution in [0.4, 0.5) is 5.69 Å². The van der Waals surface area contributed by atoms with Crippen molar-refractivity contribution >= 4 is 35.6 Å². The van der Waals surface area contributed by atoms with E-state index in [0.717, 1.165) is 25.7 Å². The fourth-order valence-corrected chi connectivity index (χ4v) is 3.17. The first-order chi connectivity index (χ1) is 10.5. The van der Waals surface area contributed by atoms with Gasteiger partial charge in [-0.2, -0.15) is 0 Å². The average molecular weight is 362 g/mol. The van der Waals surface area contributed by atoms with Crippen LogP contribution in [-0.2, 0) is 0 Å². The molecule has 6 nitrogen and oxygen atoms in total. The van der Waals surface area contributed by atoms with Crippen LogP contribution in [0.1, 0.15) is 42.5 Å². The molecule has 1 aliphatic carbocycles. The fraction of sp³-hybridized carbons (Fsp3) is 0.533. The van der Waals surface area contributed by atoms with Gasteiger partial charge in [0.2, 0.25) is 0 Å². The third-order valence-electron chi connectivity index (χ3n) is 4.19. The lowest BCUT2D eigenvalue weighted by Gasteiger charge is -2.30. The van der Waals surface area contributed by atoms with Gasteiger partial charge in [0, 0.05) is 23.7 Å². The highest BCUT2D eigenvalue weighted by molar-refractivity contribution is 6.31. The SMILES string of the molecule is Cl.NCC(NC(=O)c1ccc(Cl)cc1[N+](=O)[O-])C1CCCCC1. The average Bonchev–Trinajstić information content (AvgIpc) is 2.53. The summed E-state index contributed by atoms with van der Waals surface area (Å²) in [6.45, 7) is 0.331. The number of benzene rings is 1. The molecule has 1 aromatic carbocycles. The summed E-state index contributed by atoms with van der Waals surface area (Å²) in [5.74, 6) is -0.126. The zero-order valence-corrected chi connectivity index (χ0v) is 14.2. The Morgan fingerprint density at radius 3 is 2.61 bits per heavy atom. The molecule has 0 aliphatic heterocycles. The van der Waals surface area contributed by atoms with Crippen molar-refractivity contribution < 1.29 is 9.72 Å². The van der Waals surface area contributed by atoms with Crippen LogP contribution in [0.2, 0.25) is 5.02 Å². The number of nitro benzene ring substituents is 1. The number of carbonyl (C=O) groups is 1. The Balaban J connectivity index is 0.00000264. The van der Waals surface area contributed by atoms with Crippen molar-refractivity contribution in [2.75, 3.05) is 6.54 Å². The molecular weight excluding hydrogens is 341 g/mol. The Morgan fingerprint density at radius 2 is 2.04 bits per heavy atom. The Morgan fingerprint density at radius 1 is 1.39 bits per heavy atom. The molecule has 3 N–H and O–H groups in total. The van der Waals surface area contributed by atoms with Crippen molar-refractivity contribution in [1.29, 1.82) is 0 Å². The standard InChI is InChI=1S/C15H20ClN3O3.ClH/c16-11-6-7-12(14(8-11)19(21)22)15(20)18-13(9-17)10-4-2-1-3-5-10;/h6-8,10,13H,1-5,9,17H2,(H,18,20);1H. The molecular formula is C15H21Cl2N3O3. The van der Waals surface area contributed by atoms with E-state index in [1.807, 2.05) is 0 Å². The van der Waals surface area contributed by atoms with Crippen LogP contribution in [0, 0.1) is 16.0 Å². The second-order valence-electron chi connectivity index (χ2n) is 5.63. The lowest BCUT2D eigenvalue weighted by molar-refractivity contribution is -0.385. The van der Waals surface area contributed by atoms with Gasteiger partial charge in [-0.15, -0.1) is 12.4 Å². The van der Waals surface area contributed by atoms with Crippen LogP contribution in [0.3, 0.4) is 0 Å². The Labute approximate surface area is 146 Å². The van der Waals surface area contributed by atoms with Crippen LogP contribution in [0.25, 0.3) is 0 Å². The number of hydrogen-bond donors (Lipinski definition) is 2. The molecule has 2 rings (SSSR count). The molecule has 0 spiro atoms. The molecule has 0 radical (unpaired) electrons. The highest BCUT2D eigenvalue weighted by Gasteiger charge is 2.27. The van der Waals surface area contributed by atoms with E-state index in [4.69, 9.17) is 17.3 Å². The van der Waals surface area contributed by atoms with E-state index in [9.17, 15) is 14.9 Å². The molecule has 23 heavy (non-hydrogen) atoms. The van der Waals surface area contributed by atoms with Gasteiger partial charge >= 0.3 is 0 Å². The third kappa shape index (κ3) is 5.06. The molecule has 0 heterocycles. The molecule has 1 aromatic rings. The van der Waals surface area contributed by atoms with Gasteiger partial charge in [-0.25, -0.2) is 0 Å². The molecule has 0 aromatic heterocycles. The fourth-order valence-electron chi connectivity index (χ4n) is 3.00. The first-order valence-electron chi connectivity index (χ1n) is 7.47. The molecule has 8 heteroatoms. The number of nitrogens with zero attached hydrogens (tertiary/aromatic N) is 1. The maximum Gasteiger partial charge on any atom is 0.283 e. The second-order valence-corrected chi connectivity index (χ2v) is 6.07. The summed E-state index contributed by atoms with van der Waals surface area (Å²) in [6.07, 6.45) is 5.55. The Hall–Kier alpha value is -1.37. The van der Waals surface area contributed by atoms with E-state index in [-0.39, 0.29) is 34.7 Å². The highest BCUT2D eigenvalue weighted by Crippen LogP contribution is 2.27. The van der Waals surface area contributed by atoms with E-state index >= 15 is 0 Å². The minimum Gasteiger partial charge on any atom is -0.348 e. The highest BCUT2D eigenvalue weighted by atomic mass is 35.5. The van der Waals surface area contributed by atoms with Gasteiger partial charge in [-0.1, -0.05) is 30.9 Å². The predicted molar refractivity (Wildman–Crippen MR) is 92.2 cm³/mol. The number of rotatable bonds is 5. The van der Waals surface area contributed by atoms with Crippen LogP contribution < -0.4 is 11.1 Å². The first-order valence-corrected chi connectivity index (χ1v) is 7.85. The molecule has 1 amide bonds.